The molecule has 3 rings (SSSR count). The van der Waals surface area contributed by atoms with Crippen molar-refractivity contribution < 1.29 is 18.9 Å². The van der Waals surface area contributed by atoms with Gasteiger partial charge < -0.3 is 4.74 Å². The number of aromatic nitrogens is 2. The van der Waals surface area contributed by atoms with Gasteiger partial charge in [-0.25, -0.2) is 13.9 Å². The second-order valence-electron chi connectivity index (χ2n) is 6.93. The molecular weight excluding hydrogens is 334 g/mol. The average Bonchev–Trinajstić information content (AvgIpc) is 3.08. The first kappa shape index (κ1) is 18.3. The summed E-state index contributed by atoms with van der Waals surface area (Å²) >= 11 is 0. The molecule has 1 aromatic rings. The van der Waals surface area contributed by atoms with Gasteiger partial charge in [0.1, 0.15) is 11.4 Å². The molecule has 0 radical (unpaired) electrons. The third kappa shape index (κ3) is 2.65. The molecule has 3 amide bonds. The summed E-state index contributed by atoms with van der Waals surface area (Å²) < 4.78 is 9.18. The van der Waals surface area contributed by atoms with E-state index >= 15 is 0 Å². The van der Waals surface area contributed by atoms with Crippen molar-refractivity contribution >= 4 is 23.7 Å². The van der Waals surface area contributed by atoms with Crippen LogP contribution < -0.4 is 4.57 Å². The van der Waals surface area contributed by atoms with Gasteiger partial charge in [-0.1, -0.05) is 17.1 Å². The van der Waals surface area contributed by atoms with Crippen molar-refractivity contribution in [3.8, 4) is 0 Å². The summed E-state index contributed by atoms with van der Waals surface area (Å²) in [5, 5.41) is 0. The molecule has 140 valence electrons. The van der Waals surface area contributed by atoms with Crippen LogP contribution in [-0.4, -0.2) is 59.4 Å². The Morgan fingerprint density at radius 2 is 2.04 bits per heavy atom. The highest BCUT2D eigenvalue weighted by Gasteiger charge is 2.53. The van der Waals surface area contributed by atoms with Gasteiger partial charge >= 0.3 is 12.0 Å². The summed E-state index contributed by atoms with van der Waals surface area (Å²) in [6, 6.07) is -0.964. The third-order valence-electron chi connectivity index (χ3n) is 4.98. The quantitative estimate of drug-likeness (QED) is 0.438. The molecule has 2 aliphatic heterocycles. The SMILES string of the molecule is C=C(C)CN1C(=O)C2C(=Nc3n2c(C)c(C)[n+]3CCCOC)N(C)C1=O. The number of likely N-dealkylation sites (N-methyl/N-ethyl adjacent to an activating group) is 1. The van der Waals surface area contributed by atoms with Crippen LogP contribution >= 0.6 is 0 Å². The Labute approximate surface area is 153 Å². The molecule has 1 unspecified atom stereocenters. The number of imidazole rings is 1. The largest absolute Gasteiger partial charge is 0.402 e. The molecule has 1 atom stereocenters. The maximum Gasteiger partial charge on any atom is 0.402 e. The number of amidine groups is 1. The van der Waals surface area contributed by atoms with E-state index in [0.717, 1.165) is 29.9 Å². The van der Waals surface area contributed by atoms with Gasteiger partial charge in [0, 0.05) is 27.2 Å². The predicted molar refractivity (Wildman–Crippen MR) is 96.4 cm³/mol. The predicted octanol–water partition coefficient (Wildman–Crippen LogP) is 1.48. The van der Waals surface area contributed by atoms with Crippen molar-refractivity contribution in [2.75, 3.05) is 27.3 Å². The van der Waals surface area contributed by atoms with E-state index in [9.17, 15) is 9.59 Å². The van der Waals surface area contributed by atoms with E-state index in [1.54, 1.807) is 21.1 Å². The molecular formula is C18H26N5O3+. The van der Waals surface area contributed by atoms with E-state index in [0.29, 0.717) is 18.4 Å². The van der Waals surface area contributed by atoms with Gasteiger partial charge in [0.25, 0.3) is 5.91 Å². The Bertz CT molecular complexity index is 823. The fourth-order valence-corrected chi connectivity index (χ4v) is 3.55. The maximum atomic E-state index is 13.1. The minimum absolute atomic E-state index is 0.217. The third-order valence-corrected chi connectivity index (χ3v) is 4.98. The standard InChI is InChI=1S/C18H26N5O3/c1-11(2)10-22-16(24)14-15(20(5)18(22)25)19-17-21(8-7-9-26-6)12(3)13(4)23(14)17/h14H,1,7-10H2,2-6H3/q+1. The molecule has 3 heterocycles. The number of ether oxygens (including phenoxy) is 1. The lowest BCUT2D eigenvalue weighted by Crippen LogP contribution is -2.58. The van der Waals surface area contributed by atoms with Gasteiger partial charge in [-0.15, -0.1) is 0 Å². The number of nitrogens with zero attached hydrogens (tertiary/aromatic N) is 5. The number of hydrogen-bond acceptors (Lipinski definition) is 4. The van der Waals surface area contributed by atoms with Crippen LogP contribution in [0, 0.1) is 13.8 Å². The van der Waals surface area contributed by atoms with Gasteiger partial charge in [0.15, 0.2) is 0 Å². The second kappa shape index (κ2) is 6.68. The molecule has 1 saturated heterocycles. The van der Waals surface area contributed by atoms with E-state index in [1.807, 2.05) is 18.4 Å². The number of carbonyl (C=O) groups excluding carboxylic acids is 2. The van der Waals surface area contributed by atoms with Gasteiger partial charge in [0.2, 0.25) is 11.9 Å². The monoisotopic (exact) mass is 360 g/mol. The minimum atomic E-state index is -0.602. The van der Waals surface area contributed by atoms with Crippen LogP contribution in [0.5, 0.6) is 0 Å². The summed E-state index contributed by atoms with van der Waals surface area (Å²) in [5.74, 6) is 0.938. The molecule has 0 spiro atoms. The summed E-state index contributed by atoms with van der Waals surface area (Å²) in [6.45, 7) is 11.3. The van der Waals surface area contributed by atoms with E-state index in [2.05, 4.69) is 16.1 Å². The summed E-state index contributed by atoms with van der Waals surface area (Å²) in [4.78, 5) is 33.1. The smallest absolute Gasteiger partial charge is 0.385 e. The van der Waals surface area contributed by atoms with Crippen molar-refractivity contribution in [1.29, 1.82) is 0 Å². The van der Waals surface area contributed by atoms with Gasteiger partial charge in [-0.3, -0.25) is 14.6 Å². The Balaban J connectivity index is 2.05. The van der Waals surface area contributed by atoms with Crippen LogP contribution in [0.15, 0.2) is 17.1 Å². The summed E-state index contributed by atoms with van der Waals surface area (Å²) in [6.07, 6.45) is 0.846. The topological polar surface area (TPSA) is 71.0 Å². The molecule has 2 aliphatic rings. The molecule has 1 aromatic heterocycles. The van der Waals surface area contributed by atoms with Crippen LogP contribution in [0.4, 0.5) is 10.7 Å². The van der Waals surface area contributed by atoms with Crippen LogP contribution in [0.3, 0.4) is 0 Å². The summed E-state index contributed by atoms with van der Waals surface area (Å²) in [7, 11) is 3.34. The average molecular weight is 360 g/mol. The number of amides is 3. The molecule has 0 N–H and O–H groups in total. The molecule has 1 fully saturated rings. The fraction of sp³-hybridized carbons (Fsp3) is 0.556. The zero-order chi connectivity index (χ0) is 19.2. The van der Waals surface area contributed by atoms with Gasteiger partial charge in [-0.05, 0) is 20.8 Å². The first-order valence-corrected chi connectivity index (χ1v) is 8.71. The van der Waals surface area contributed by atoms with Crippen LogP contribution in [0.1, 0.15) is 30.8 Å². The van der Waals surface area contributed by atoms with E-state index in [4.69, 9.17) is 4.74 Å². The Hall–Kier alpha value is -2.48. The number of fused-ring (bicyclic) bond motifs is 3. The number of methoxy groups -OCH3 is 1. The van der Waals surface area contributed by atoms with Gasteiger partial charge in [-0.2, -0.15) is 0 Å². The Kier molecular flexibility index (Phi) is 4.70. The minimum Gasteiger partial charge on any atom is -0.385 e. The Morgan fingerprint density at radius 1 is 1.35 bits per heavy atom. The van der Waals surface area contributed by atoms with Crippen molar-refractivity contribution in [1.82, 2.24) is 14.4 Å². The van der Waals surface area contributed by atoms with Crippen LogP contribution in [0.25, 0.3) is 0 Å². The van der Waals surface area contributed by atoms with E-state index in [1.165, 1.54) is 9.80 Å². The molecule has 0 aliphatic carbocycles. The Morgan fingerprint density at radius 3 is 2.65 bits per heavy atom. The lowest BCUT2D eigenvalue weighted by molar-refractivity contribution is -0.689. The highest BCUT2D eigenvalue weighted by Crippen LogP contribution is 2.35. The lowest BCUT2D eigenvalue weighted by atomic mass is 10.1. The summed E-state index contributed by atoms with van der Waals surface area (Å²) in [5.41, 5.74) is 2.80. The van der Waals surface area contributed by atoms with E-state index in [-0.39, 0.29) is 18.5 Å². The number of hydrogen-bond donors (Lipinski definition) is 0. The van der Waals surface area contributed by atoms with Crippen LogP contribution in [-0.2, 0) is 16.1 Å². The number of urea groups is 1. The van der Waals surface area contributed by atoms with Crippen LogP contribution in [0.2, 0.25) is 0 Å². The highest BCUT2D eigenvalue weighted by molar-refractivity contribution is 6.20. The van der Waals surface area contributed by atoms with Crippen molar-refractivity contribution in [2.45, 2.75) is 39.8 Å². The zero-order valence-corrected chi connectivity index (χ0v) is 16.1. The second-order valence-corrected chi connectivity index (χ2v) is 6.93. The molecule has 8 heteroatoms. The molecule has 0 aromatic carbocycles. The van der Waals surface area contributed by atoms with Crippen molar-refractivity contribution in [3.63, 3.8) is 0 Å². The number of aliphatic imine (C=N–C) groups is 1. The number of rotatable bonds is 6. The number of imide groups is 1. The zero-order valence-electron chi connectivity index (χ0n) is 16.1. The first-order chi connectivity index (χ1) is 12.3. The van der Waals surface area contributed by atoms with Crippen molar-refractivity contribution in [2.24, 2.45) is 4.99 Å². The number of carbonyl (C=O) groups is 2. The highest BCUT2D eigenvalue weighted by atomic mass is 16.5. The normalized spacial score (nSPS) is 19.0. The molecule has 0 saturated carbocycles. The molecule has 26 heavy (non-hydrogen) atoms. The lowest BCUT2D eigenvalue weighted by Gasteiger charge is -2.33. The first-order valence-electron chi connectivity index (χ1n) is 8.71. The fourth-order valence-electron chi connectivity index (χ4n) is 3.55. The van der Waals surface area contributed by atoms with Crippen molar-refractivity contribution in [3.05, 3.63) is 23.5 Å². The molecule has 0 bridgehead atoms. The van der Waals surface area contributed by atoms with E-state index < -0.39 is 6.04 Å². The maximum absolute atomic E-state index is 13.1. The molecule has 8 nitrogen and oxygen atoms in total. The van der Waals surface area contributed by atoms with Gasteiger partial charge in [0.05, 0.1) is 13.1 Å².